The fourth-order valence-corrected chi connectivity index (χ4v) is 6.93. The first-order chi connectivity index (χ1) is 24.8. The third-order valence-electron chi connectivity index (χ3n) is 9.49. The summed E-state index contributed by atoms with van der Waals surface area (Å²) in [6.45, 7) is 3.61. The molecule has 20 nitrogen and oxygen atoms in total. The van der Waals surface area contributed by atoms with E-state index in [1.807, 2.05) is 6.92 Å². The number of nitrogens with one attached hydrogen (secondary N) is 3. The van der Waals surface area contributed by atoms with E-state index in [1.165, 1.54) is 20.8 Å². The van der Waals surface area contributed by atoms with Gasteiger partial charge in [0.05, 0.1) is 76.6 Å². The van der Waals surface area contributed by atoms with Gasteiger partial charge < -0.3 is 75.0 Å². The Balaban J connectivity index is 1.79. The summed E-state index contributed by atoms with van der Waals surface area (Å²) < 4.78 is 35.8. The average molecular weight is 756 g/mol. The fraction of sp³-hybridized carbons (Fsp3) is 0.906. The zero-order chi connectivity index (χ0) is 38.5. The van der Waals surface area contributed by atoms with Gasteiger partial charge in [-0.3, -0.25) is 19.6 Å². The monoisotopic (exact) mass is 755 g/mol. The molecule has 15 atom stereocenters. The third kappa shape index (κ3) is 11.7. The first-order valence-corrected chi connectivity index (χ1v) is 17.5. The smallest absolute Gasteiger partial charge is 0.217 e. The quantitative estimate of drug-likeness (QED) is 0.0339. The van der Waals surface area contributed by atoms with E-state index in [1.54, 1.807) is 0 Å². The molecule has 0 aromatic heterocycles. The molecule has 3 heterocycles. The van der Waals surface area contributed by atoms with Gasteiger partial charge in [-0.1, -0.05) is 13.3 Å². The fourth-order valence-electron chi connectivity index (χ4n) is 6.93. The van der Waals surface area contributed by atoms with Crippen LogP contribution in [-0.4, -0.2) is 186 Å². The number of ether oxygens (including phenoxy) is 6. The molecule has 3 fully saturated rings. The summed E-state index contributed by atoms with van der Waals surface area (Å²) in [5, 5.41) is 79.0. The molecular formula is C32H57N3O17. The highest BCUT2D eigenvalue weighted by molar-refractivity contribution is 5.74. The molecule has 3 aliphatic rings. The highest BCUT2D eigenvalue weighted by Crippen LogP contribution is 2.32. The lowest BCUT2D eigenvalue weighted by Crippen LogP contribution is -2.66. The Hall–Kier alpha value is -2.15. The molecule has 3 amide bonds. The van der Waals surface area contributed by atoms with Crippen LogP contribution in [0.5, 0.6) is 0 Å². The minimum Gasteiger partial charge on any atom is -0.394 e. The van der Waals surface area contributed by atoms with Crippen LogP contribution in [0.25, 0.3) is 0 Å². The Kier molecular flexibility index (Phi) is 18.4. The van der Waals surface area contributed by atoms with E-state index < -0.39 is 129 Å². The molecule has 0 bridgehead atoms. The number of hydrogen-bond donors (Lipinski definition) is 10. The number of hydrogen-bond acceptors (Lipinski definition) is 17. The van der Waals surface area contributed by atoms with Crippen molar-refractivity contribution in [3.63, 3.8) is 0 Å². The highest BCUT2D eigenvalue weighted by atomic mass is 17.1. The lowest BCUT2D eigenvalue weighted by molar-refractivity contribution is -0.347. The van der Waals surface area contributed by atoms with Crippen LogP contribution in [0.15, 0.2) is 0 Å². The Morgan fingerprint density at radius 1 is 0.615 bits per heavy atom. The van der Waals surface area contributed by atoms with Crippen LogP contribution in [0.2, 0.25) is 0 Å². The predicted molar refractivity (Wildman–Crippen MR) is 175 cm³/mol. The second kappa shape index (κ2) is 21.7. The van der Waals surface area contributed by atoms with E-state index in [2.05, 4.69) is 20.8 Å². The van der Waals surface area contributed by atoms with Gasteiger partial charge in [-0.05, 0) is 6.42 Å². The van der Waals surface area contributed by atoms with Crippen molar-refractivity contribution in [2.45, 2.75) is 120 Å². The van der Waals surface area contributed by atoms with Crippen molar-refractivity contribution in [1.29, 1.82) is 0 Å². The van der Waals surface area contributed by atoms with Crippen LogP contribution in [0.3, 0.4) is 0 Å². The van der Waals surface area contributed by atoms with Crippen molar-refractivity contribution in [3.8, 4) is 0 Å². The van der Waals surface area contributed by atoms with Gasteiger partial charge in [-0.2, -0.15) is 0 Å². The molecule has 0 radical (unpaired) electrons. The molecule has 0 saturated carbocycles. The van der Waals surface area contributed by atoms with Crippen molar-refractivity contribution in [2.24, 2.45) is 11.8 Å². The summed E-state index contributed by atoms with van der Waals surface area (Å²) in [7, 11) is 0. The standard InChI is InChI=1S/C32H57N3O17/c1-5-6-7-48-30-18(11-46-13-23-25(33-15(2)39)29(43)28(42)22(10-38)50-23)20(8-36)49-24(26(30)34-16(3)40)14-47-12-19-21(9-37)51-32(44)27(31(19)52-45)35-17(4)41/h18-32,36-38,42-45H,5-14H2,1-4H3,(H,33,39)(H,34,40)(H,35,41)/t18-,19+,20?,21?,22?,23+,24+,25?,26?,27?,28-,29-,30+,31+,32-/m1/s1. The van der Waals surface area contributed by atoms with Crippen molar-refractivity contribution in [1.82, 2.24) is 16.0 Å². The topological polar surface area (TPSA) is 294 Å². The van der Waals surface area contributed by atoms with Crippen molar-refractivity contribution >= 4 is 17.7 Å². The molecule has 0 aromatic carbocycles. The minimum absolute atomic E-state index is 0.110. The first kappa shape index (κ1) is 44.2. The Labute approximate surface area is 301 Å². The van der Waals surface area contributed by atoms with Gasteiger partial charge in [0.25, 0.3) is 0 Å². The summed E-state index contributed by atoms with van der Waals surface area (Å²) in [5.74, 6) is -3.00. The average Bonchev–Trinajstić information content (AvgIpc) is 3.09. The van der Waals surface area contributed by atoms with Crippen molar-refractivity contribution < 1.29 is 83.6 Å². The zero-order valence-electron chi connectivity index (χ0n) is 29.9. The molecule has 0 aromatic rings. The number of carbonyl (C=O) groups excluding carboxylic acids is 3. The van der Waals surface area contributed by atoms with E-state index in [0.29, 0.717) is 6.42 Å². The highest BCUT2D eigenvalue weighted by Gasteiger charge is 2.50. The number of unbranched alkanes of at least 4 members (excludes halogenated alkanes) is 1. The van der Waals surface area contributed by atoms with E-state index >= 15 is 0 Å². The summed E-state index contributed by atoms with van der Waals surface area (Å²) >= 11 is 0. The Morgan fingerprint density at radius 3 is 1.62 bits per heavy atom. The molecule has 52 heavy (non-hydrogen) atoms. The Morgan fingerprint density at radius 2 is 1.10 bits per heavy atom. The summed E-state index contributed by atoms with van der Waals surface area (Å²) in [6, 6.07) is -3.10. The number of aliphatic hydroxyl groups excluding tert-OH is 6. The molecule has 10 N–H and O–H groups in total. The van der Waals surface area contributed by atoms with Gasteiger partial charge in [-0.25, -0.2) is 4.89 Å². The van der Waals surface area contributed by atoms with Gasteiger partial charge in [0.15, 0.2) is 6.29 Å². The van der Waals surface area contributed by atoms with Gasteiger partial charge in [-0.15, -0.1) is 0 Å². The second-order valence-electron chi connectivity index (χ2n) is 13.4. The summed E-state index contributed by atoms with van der Waals surface area (Å²) in [5.41, 5.74) is 0. The molecule has 20 heteroatoms. The van der Waals surface area contributed by atoms with Crippen molar-refractivity contribution in [3.05, 3.63) is 0 Å². The summed E-state index contributed by atoms with van der Waals surface area (Å²) in [6.07, 6.45) is -10.1. The van der Waals surface area contributed by atoms with Crippen LogP contribution < -0.4 is 16.0 Å². The molecular weight excluding hydrogens is 698 g/mol. The zero-order valence-corrected chi connectivity index (χ0v) is 29.9. The number of rotatable bonds is 19. The summed E-state index contributed by atoms with van der Waals surface area (Å²) in [4.78, 5) is 40.7. The molecule has 3 aliphatic heterocycles. The maximum atomic E-state index is 12.5. The van der Waals surface area contributed by atoms with E-state index in [4.69, 9.17) is 28.4 Å². The largest absolute Gasteiger partial charge is 0.394 e. The normalized spacial score (nSPS) is 38.0. The first-order valence-electron chi connectivity index (χ1n) is 17.5. The SMILES string of the molecule is CCCCO[C@@H]1C(NC(C)=O)[C@H](COC[C@H]2C(CO)O[C@@H](O)C(NC(C)=O)[C@H]2OO)OC(CO)[C@H]1COC[C@@H]1OC(CO)[C@@H](O)[C@H](O)C1NC(C)=O. The van der Waals surface area contributed by atoms with Crippen LogP contribution in [0.1, 0.15) is 40.5 Å². The van der Waals surface area contributed by atoms with Gasteiger partial charge >= 0.3 is 0 Å². The van der Waals surface area contributed by atoms with E-state index in [-0.39, 0.29) is 33.0 Å². The number of amides is 3. The Bertz CT molecular complexity index is 1110. The van der Waals surface area contributed by atoms with Crippen LogP contribution in [0.4, 0.5) is 0 Å². The van der Waals surface area contributed by atoms with Gasteiger partial charge in [0, 0.05) is 39.2 Å². The molecule has 302 valence electrons. The van der Waals surface area contributed by atoms with Crippen LogP contribution in [-0.2, 0) is 47.7 Å². The third-order valence-corrected chi connectivity index (χ3v) is 9.49. The van der Waals surface area contributed by atoms with Crippen molar-refractivity contribution in [2.75, 3.05) is 52.9 Å². The van der Waals surface area contributed by atoms with Gasteiger partial charge in [0.2, 0.25) is 17.7 Å². The van der Waals surface area contributed by atoms with E-state index in [0.717, 1.165) is 6.42 Å². The molecule has 3 saturated heterocycles. The van der Waals surface area contributed by atoms with Crippen LogP contribution in [0, 0.1) is 11.8 Å². The molecule has 3 rings (SSSR count). The predicted octanol–water partition coefficient (Wildman–Crippen LogP) is -4.24. The maximum absolute atomic E-state index is 12.5. The lowest BCUT2D eigenvalue weighted by atomic mass is 9.85. The molecule has 0 aliphatic carbocycles. The van der Waals surface area contributed by atoms with E-state index in [9.17, 15) is 50.3 Å². The number of carbonyl (C=O) groups is 3. The minimum atomic E-state index is -1.60. The lowest BCUT2D eigenvalue weighted by Gasteiger charge is -2.47. The van der Waals surface area contributed by atoms with Gasteiger partial charge in [0.1, 0.15) is 42.7 Å². The van der Waals surface area contributed by atoms with Crippen LogP contribution >= 0.6 is 0 Å². The number of aliphatic hydroxyl groups is 6. The molecule has 0 spiro atoms. The molecule has 6 unspecified atom stereocenters. The second-order valence-corrected chi connectivity index (χ2v) is 13.4. The maximum Gasteiger partial charge on any atom is 0.217 e.